The van der Waals surface area contributed by atoms with E-state index >= 15 is 0 Å². The van der Waals surface area contributed by atoms with Gasteiger partial charge in [-0.1, -0.05) is 358 Å². The Morgan fingerprint density at radius 2 is 0.428 bits per heavy atom. The third-order valence-corrected chi connectivity index (χ3v) is 27.3. The molecule has 27 aromatic rings. The zero-order chi connectivity index (χ0) is 91.4. The molecule has 0 saturated heterocycles. The number of rotatable bonds is 15. The minimum absolute atomic E-state index is 1.11. The Morgan fingerprint density at radius 1 is 0.123 bits per heavy atom. The second-order valence-corrected chi connectivity index (χ2v) is 35.6. The van der Waals surface area contributed by atoms with Crippen molar-refractivity contribution in [3.63, 3.8) is 0 Å². The second-order valence-electron chi connectivity index (χ2n) is 35.6. The van der Waals surface area contributed by atoms with Crippen LogP contribution in [-0.2, 0) is 0 Å². The molecule has 0 aliphatic carbocycles. The summed E-state index contributed by atoms with van der Waals surface area (Å²) in [4.78, 5) is 7.16. The van der Waals surface area contributed by atoms with Gasteiger partial charge in [0, 0.05) is 94.9 Å². The van der Waals surface area contributed by atoms with Crippen molar-refractivity contribution in [3.8, 4) is 50.4 Å². The number of nitrogens with zero attached hydrogens (tertiary/aromatic N) is 6. The maximum Gasteiger partial charge on any atom is 0.0562 e. The van der Waals surface area contributed by atoms with Gasteiger partial charge >= 0.3 is 0 Å². The van der Waals surface area contributed by atoms with Gasteiger partial charge in [-0.25, -0.2) is 0 Å². The van der Waals surface area contributed by atoms with Crippen LogP contribution in [0, 0.1) is 0 Å². The lowest BCUT2D eigenvalue weighted by molar-refractivity contribution is 1.18. The van der Waals surface area contributed by atoms with Gasteiger partial charge in [-0.05, 0) is 286 Å². The fraction of sp³-hybridized carbons (Fsp3) is 0. The summed E-state index contributed by atoms with van der Waals surface area (Å²) in [6.45, 7) is 0. The van der Waals surface area contributed by atoms with Crippen LogP contribution in [0.2, 0.25) is 0 Å². The molecule has 0 bridgehead atoms. The fourth-order valence-corrected chi connectivity index (χ4v) is 20.8. The molecule has 6 nitrogen and oxygen atoms in total. The van der Waals surface area contributed by atoms with E-state index in [2.05, 4.69) is 574 Å². The third-order valence-electron chi connectivity index (χ3n) is 27.3. The van der Waals surface area contributed by atoms with Crippen LogP contribution in [0.15, 0.2) is 546 Å². The van der Waals surface area contributed by atoms with E-state index in [1.807, 2.05) is 0 Å². The second kappa shape index (κ2) is 35.3. The highest BCUT2D eigenvalue weighted by atomic mass is 15.2. The van der Waals surface area contributed by atoms with Gasteiger partial charge in [0.1, 0.15) is 0 Å². The molecule has 138 heavy (non-hydrogen) atoms. The van der Waals surface area contributed by atoms with Gasteiger partial charge in [0.15, 0.2) is 0 Å². The molecule has 3 aromatic heterocycles. The molecule has 0 saturated carbocycles. The number of benzene rings is 24. The molecule has 0 amide bonds. The van der Waals surface area contributed by atoms with Gasteiger partial charge < -0.3 is 28.4 Å². The molecule has 0 atom stereocenters. The van der Waals surface area contributed by atoms with Gasteiger partial charge in [0.25, 0.3) is 0 Å². The molecule has 27 rings (SSSR count). The van der Waals surface area contributed by atoms with E-state index in [1.54, 1.807) is 0 Å². The van der Waals surface area contributed by atoms with E-state index in [0.29, 0.717) is 0 Å². The lowest BCUT2D eigenvalue weighted by Gasteiger charge is -2.27. The number of fused-ring (bicyclic) bond motifs is 15. The van der Waals surface area contributed by atoms with Crippen LogP contribution >= 0.6 is 0 Å². The zero-order valence-electron chi connectivity index (χ0n) is 75.6. The monoisotopic (exact) mass is 1760 g/mol. The predicted molar refractivity (Wildman–Crippen MR) is 588 cm³/mol. The Hall–Kier alpha value is -18.4. The molecule has 0 fully saturated rings. The van der Waals surface area contributed by atoms with Crippen molar-refractivity contribution in [1.29, 1.82) is 0 Å². The van der Waals surface area contributed by atoms with Gasteiger partial charge in [0.2, 0.25) is 0 Å². The van der Waals surface area contributed by atoms with Crippen molar-refractivity contribution in [2.45, 2.75) is 0 Å². The van der Waals surface area contributed by atoms with Gasteiger partial charge in [0.05, 0.1) is 38.8 Å². The van der Waals surface area contributed by atoms with E-state index in [9.17, 15) is 0 Å². The number of aromatic nitrogens is 3. The van der Waals surface area contributed by atoms with Crippen molar-refractivity contribution in [1.82, 2.24) is 13.7 Å². The summed E-state index contributed by atoms with van der Waals surface area (Å²) in [6.07, 6.45) is 0. The van der Waals surface area contributed by atoms with Crippen LogP contribution in [0.5, 0.6) is 0 Å². The maximum atomic E-state index is 2.44. The van der Waals surface area contributed by atoms with Gasteiger partial charge in [-0.15, -0.1) is 0 Å². The van der Waals surface area contributed by atoms with Crippen molar-refractivity contribution in [3.05, 3.63) is 546 Å². The fourth-order valence-electron chi connectivity index (χ4n) is 20.8. The van der Waals surface area contributed by atoms with Crippen molar-refractivity contribution in [2.75, 3.05) is 14.7 Å². The summed E-state index contributed by atoms with van der Waals surface area (Å²) in [5.41, 5.74) is 28.0. The molecule has 24 aromatic carbocycles. The molecular weight excluding hydrogens is 1670 g/mol. The predicted octanol–water partition coefficient (Wildman–Crippen LogP) is 36.7. The quantitative estimate of drug-likeness (QED) is 0.102. The number of para-hydroxylation sites is 3. The van der Waals surface area contributed by atoms with Crippen LogP contribution < -0.4 is 14.7 Å². The summed E-state index contributed by atoms with van der Waals surface area (Å²) in [5, 5.41) is 22.3. The van der Waals surface area contributed by atoms with E-state index < -0.39 is 0 Å². The van der Waals surface area contributed by atoms with Gasteiger partial charge in [-0.2, -0.15) is 0 Å². The Morgan fingerprint density at radius 3 is 0.971 bits per heavy atom. The first-order chi connectivity index (χ1) is 68.4. The van der Waals surface area contributed by atoms with Crippen LogP contribution in [-0.4, -0.2) is 13.7 Å². The molecule has 0 aliphatic rings. The van der Waals surface area contributed by atoms with Crippen molar-refractivity contribution >= 4 is 181 Å². The average Bonchev–Trinajstić information content (AvgIpc) is 1.58. The zero-order valence-corrected chi connectivity index (χ0v) is 75.6. The lowest BCUT2D eigenvalue weighted by Crippen LogP contribution is -2.10. The van der Waals surface area contributed by atoms with E-state index in [-0.39, 0.29) is 0 Å². The molecule has 648 valence electrons. The first-order valence-corrected chi connectivity index (χ1v) is 47.3. The summed E-state index contributed by atoms with van der Waals surface area (Å²) in [6, 6.07) is 197. The molecule has 0 unspecified atom stereocenters. The minimum Gasteiger partial charge on any atom is -0.310 e. The van der Waals surface area contributed by atoms with Crippen molar-refractivity contribution < 1.29 is 0 Å². The molecular formula is C132H90N6. The largest absolute Gasteiger partial charge is 0.310 e. The summed E-state index contributed by atoms with van der Waals surface area (Å²) in [5.74, 6) is 0. The third kappa shape index (κ3) is 15.2. The molecule has 6 heteroatoms. The Labute approximate surface area is 800 Å². The topological polar surface area (TPSA) is 24.5 Å². The first-order valence-electron chi connectivity index (χ1n) is 47.3. The molecule has 0 N–H and O–H groups in total. The Bertz CT molecular complexity index is 9190. The highest BCUT2D eigenvalue weighted by molar-refractivity contribution is 6.21. The highest BCUT2D eigenvalue weighted by Crippen LogP contribution is 2.49. The molecule has 3 heterocycles. The van der Waals surface area contributed by atoms with Crippen molar-refractivity contribution in [2.24, 2.45) is 0 Å². The van der Waals surface area contributed by atoms with E-state index in [1.165, 1.54) is 163 Å². The molecule has 0 aliphatic heterocycles. The first kappa shape index (κ1) is 81.6. The van der Waals surface area contributed by atoms with E-state index in [0.717, 1.165) is 68.2 Å². The average molecular weight is 1760 g/mol. The standard InChI is InChI=1S/C46H30N2.C46H32N2.C40H28N2/c1-4-12-34-25-39(20-17-31(34)9-1)47(40-21-18-32-10-2-5-13-35(32)26-40)42-23-24-45-44(30-42)43-28-37-15-7-8-16-38(37)29-46(43)48(45)41-22-19-33-11-3-6-14-36(33)27-41;1-4-13-33(14-5-1)35-23-25-40(26-24-35)47(39-20-8-3-9-21-39)42-27-28-43-44-30-37-17-10-11-18-38(37)31-45(44)48(46(43)32-42)41-22-12-19-36(29-41)34-15-6-2-7-16-34;1-4-14-29(15-5-1)30-18-12-23-35(26-30)41(33-19-6-2-7-20-33)37-24-13-25-38-40(37)36-27-31-16-10-11-17-32(31)28-39(36)42(38)34-21-8-3-9-22-34/h1-30H;1-32H;1-28H. The SMILES string of the molecule is c1ccc(-c2ccc(N(c3ccccc3)c3ccc4c5cc6ccccc6cc5n(-c5cccc(-c6ccccc6)c5)c4c3)cc2)cc1.c1ccc(-c2cccc(N(c3ccccc3)c3cccc4c3c3cc5ccccc5cc3n4-c3ccccc3)c2)cc1.c1ccc2cc(N(c3ccc4ccccc4c3)c3ccc4c(c3)c3cc5ccccc5cc3n4-c3ccc4ccccc4c3)ccc2c1. The summed E-state index contributed by atoms with van der Waals surface area (Å²) < 4.78 is 7.28. The number of hydrogen-bond acceptors (Lipinski definition) is 3. The van der Waals surface area contributed by atoms with E-state index in [4.69, 9.17) is 0 Å². The highest BCUT2D eigenvalue weighted by Gasteiger charge is 2.26. The smallest absolute Gasteiger partial charge is 0.0562 e. The summed E-state index contributed by atoms with van der Waals surface area (Å²) >= 11 is 0. The normalized spacial score (nSPS) is 11.5. The maximum absolute atomic E-state index is 2.44. The molecule has 0 spiro atoms. The van der Waals surface area contributed by atoms with Crippen LogP contribution in [0.3, 0.4) is 0 Å². The van der Waals surface area contributed by atoms with Crippen LogP contribution in [0.4, 0.5) is 51.2 Å². The van der Waals surface area contributed by atoms with Crippen LogP contribution in [0.25, 0.3) is 180 Å². The van der Waals surface area contributed by atoms with Gasteiger partial charge in [-0.3, -0.25) is 0 Å². The minimum atomic E-state index is 1.11. The lowest BCUT2D eigenvalue weighted by atomic mass is 10.0. The van der Waals surface area contributed by atoms with Crippen LogP contribution in [0.1, 0.15) is 0 Å². The molecule has 0 radical (unpaired) electrons. The Kier molecular flexibility index (Phi) is 20.9. The number of hydrogen-bond donors (Lipinski definition) is 0. The summed E-state index contributed by atoms with van der Waals surface area (Å²) in [7, 11) is 0. The Balaban J connectivity index is 0.000000110. The number of anilines is 9.